The van der Waals surface area contributed by atoms with Crippen molar-refractivity contribution < 1.29 is 4.79 Å². The van der Waals surface area contributed by atoms with Gasteiger partial charge in [-0.15, -0.1) is 0 Å². The number of rotatable bonds is 0. The van der Waals surface area contributed by atoms with Crippen molar-refractivity contribution in [3.63, 3.8) is 0 Å². The van der Waals surface area contributed by atoms with Crippen molar-refractivity contribution in [2.45, 2.75) is 0 Å². The van der Waals surface area contributed by atoms with Gasteiger partial charge >= 0.3 is 0 Å². The SMILES string of the molecule is Nc1ccc2c(c1)NCCNC2=O. The third-order valence-electron chi connectivity index (χ3n) is 2.01. The monoisotopic (exact) mass is 177 g/mol. The molecule has 0 saturated carbocycles. The quantitative estimate of drug-likeness (QED) is 0.503. The van der Waals surface area contributed by atoms with Gasteiger partial charge in [-0.05, 0) is 18.2 Å². The van der Waals surface area contributed by atoms with Crippen LogP contribution in [-0.4, -0.2) is 19.0 Å². The molecule has 0 spiro atoms. The molecule has 68 valence electrons. The molecule has 1 aliphatic heterocycles. The number of anilines is 2. The highest BCUT2D eigenvalue weighted by Crippen LogP contribution is 2.19. The Labute approximate surface area is 76.1 Å². The average Bonchev–Trinajstić information content (AvgIpc) is 2.28. The second-order valence-corrected chi connectivity index (χ2v) is 2.99. The summed E-state index contributed by atoms with van der Waals surface area (Å²) in [4.78, 5) is 11.4. The summed E-state index contributed by atoms with van der Waals surface area (Å²) in [6, 6.07) is 5.24. The van der Waals surface area contributed by atoms with Crippen LogP contribution in [0.2, 0.25) is 0 Å². The summed E-state index contributed by atoms with van der Waals surface area (Å²) in [6.45, 7) is 1.38. The number of hydrogen-bond acceptors (Lipinski definition) is 3. The van der Waals surface area contributed by atoms with Crippen molar-refractivity contribution in [3.05, 3.63) is 23.8 Å². The van der Waals surface area contributed by atoms with Gasteiger partial charge in [0.1, 0.15) is 0 Å². The van der Waals surface area contributed by atoms with E-state index >= 15 is 0 Å². The van der Waals surface area contributed by atoms with Crippen LogP contribution in [0.5, 0.6) is 0 Å². The molecule has 1 aromatic rings. The molecular weight excluding hydrogens is 166 g/mol. The van der Waals surface area contributed by atoms with Crippen molar-refractivity contribution in [3.8, 4) is 0 Å². The van der Waals surface area contributed by atoms with Crippen LogP contribution in [0.25, 0.3) is 0 Å². The van der Waals surface area contributed by atoms with Crippen LogP contribution in [0.1, 0.15) is 10.4 Å². The van der Waals surface area contributed by atoms with E-state index in [2.05, 4.69) is 10.6 Å². The van der Waals surface area contributed by atoms with E-state index in [9.17, 15) is 4.79 Å². The molecule has 0 bridgehead atoms. The van der Waals surface area contributed by atoms with Gasteiger partial charge in [0, 0.05) is 24.5 Å². The predicted molar refractivity (Wildman–Crippen MR) is 51.7 cm³/mol. The van der Waals surface area contributed by atoms with Crippen molar-refractivity contribution in [2.75, 3.05) is 24.1 Å². The maximum Gasteiger partial charge on any atom is 0.253 e. The number of benzene rings is 1. The van der Waals surface area contributed by atoms with Gasteiger partial charge in [-0.2, -0.15) is 0 Å². The van der Waals surface area contributed by atoms with Crippen LogP contribution in [0.15, 0.2) is 18.2 Å². The fourth-order valence-electron chi connectivity index (χ4n) is 1.37. The lowest BCUT2D eigenvalue weighted by atomic mass is 10.1. The van der Waals surface area contributed by atoms with E-state index in [1.807, 2.05) is 0 Å². The van der Waals surface area contributed by atoms with E-state index in [-0.39, 0.29) is 5.91 Å². The first-order valence-electron chi connectivity index (χ1n) is 4.19. The van der Waals surface area contributed by atoms with Crippen molar-refractivity contribution in [2.24, 2.45) is 0 Å². The number of nitrogens with two attached hydrogens (primary N) is 1. The zero-order chi connectivity index (χ0) is 9.26. The Hall–Kier alpha value is -1.71. The van der Waals surface area contributed by atoms with Gasteiger partial charge in [-0.1, -0.05) is 0 Å². The first kappa shape index (κ1) is 7.91. The zero-order valence-corrected chi connectivity index (χ0v) is 7.13. The minimum Gasteiger partial charge on any atom is -0.399 e. The number of fused-ring (bicyclic) bond motifs is 1. The first-order chi connectivity index (χ1) is 6.27. The van der Waals surface area contributed by atoms with Crippen LogP contribution in [-0.2, 0) is 0 Å². The summed E-state index contributed by atoms with van der Waals surface area (Å²) < 4.78 is 0. The summed E-state index contributed by atoms with van der Waals surface area (Å²) in [5, 5.41) is 5.91. The van der Waals surface area contributed by atoms with Crippen molar-refractivity contribution in [1.82, 2.24) is 5.32 Å². The highest BCUT2D eigenvalue weighted by molar-refractivity contribution is 6.00. The molecule has 0 atom stereocenters. The molecule has 1 aliphatic rings. The standard InChI is InChI=1S/C9H11N3O/c10-6-1-2-7-8(5-6)11-3-4-12-9(7)13/h1-2,5,11H,3-4,10H2,(H,12,13). The number of hydrogen-bond donors (Lipinski definition) is 3. The molecule has 4 N–H and O–H groups in total. The molecule has 0 fully saturated rings. The highest BCUT2D eigenvalue weighted by atomic mass is 16.1. The average molecular weight is 177 g/mol. The third-order valence-corrected chi connectivity index (χ3v) is 2.01. The molecule has 2 rings (SSSR count). The molecule has 0 aliphatic carbocycles. The number of nitrogens with one attached hydrogen (secondary N) is 2. The smallest absolute Gasteiger partial charge is 0.253 e. The number of amides is 1. The van der Waals surface area contributed by atoms with Gasteiger partial charge in [0.15, 0.2) is 0 Å². The Bertz CT molecular complexity index is 349. The predicted octanol–water partition coefficient (Wildman–Crippen LogP) is 0.424. The Morgan fingerprint density at radius 1 is 1.23 bits per heavy atom. The molecule has 0 radical (unpaired) electrons. The summed E-state index contributed by atoms with van der Waals surface area (Å²) in [5.74, 6) is -0.0417. The molecule has 4 heteroatoms. The molecule has 1 amide bonds. The maximum absolute atomic E-state index is 11.4. The highest BCUT2D eigenvalue weighted by Gasteiger charge is 2.13. The summed E-state index contributed by atoms with van der Waals surface area (Å²) in [6.07, 6.45) is 0. The summed E-state index contributed by atoms with van der Waals surface area (Å²) >= 11 is 0. The van der Waals surface area contributed by atoms with Crippen molar-refractivity contribution >= 4 is 17.3 Å². The Kier molecular flexibility index (Phi) is 1.81. The molecule has 4 nitrogen and oxygen atoms in total. The van der Waals surface area contributed by atoms with Gasteiger partial charge in [-0.25, -0.2) is 0 Å². The van der Waals surface area contributed by atoms with Gasteiger partial charge in [0.25, 0.3) is 5.91 Å². The Morgan fingerprint density at radius 2 is 2.00 bits per heavy atom. The van der Waals surface area contributed by atoms with E-state index in [1.54, 1.807) is 18.2 Å². The maximum atomic E-state index is 11.4. The molecule has 13 heavy (non-hydrogen) atoms. The van der Waals surface area contributed by atoms with Crippen LogP contribution in [0.3, 0.4) is 0 Å². The lowest BCUT2D eigenvalue weighted by molar-refractivity contribution is 0.0958. The summed E-state index contributed by atoms with van der Waals surface area (Å²) in [5.41, 5.74) is 7.75. The van der Waals surface area contributed by atoms with Crippen LogP contribution in [0, 0.1) is 0 Å². The second-order valence-electron chi connectivity index (χ2n) is 2.99. The lowest BCUT2D eigenvalue weighted by Gasteiger charge is -2.05. The van der Waals surface area contributed by atoms with Crippen LogP contribution >= 0.6 is 0 Å². The molecule has 0 aromatic heterocycles. The topological polar surface area (TPSA) is 67.2 Å². The number of carbonyl (C=O) groups is 1. The van der Waals surface area contributed by atoms with E-state index in [1.165, 1.54) is 0 Å². The fourth-order valence-corrected chi connectivity index (χ4v) is 1.37. The molecule has 1 heterocycles. The normalized spacial score (nSPS) is 15.2. The second kappa shape index (κ2) is 2.97. The van der Waals surface area contributed by atoms with E-state index in [4.69, 9.17) is 5.73 Å². The number of carbonyl (C=O) groups excluding carboxylic acids is 1. The lowest BCUT2D eigenvalue weighted by Crippen LogP contribution is -2.24. The van der Waals surface area contributed by atoms with E-state index in [0.29, 0.717) is 17.8 Å². The molecule has 1 aromatic carbocycles. The minimum atomic E-state index is -0.0417. The largest absolute Gasteiger partial charge is 0.399 e. The van der Waals surface area contributed by atoms with Gasteiger partial charge < -0.3 is 16.4 Å². The minimum absolute atomic E-state index is 0.0417. The zero-order valence-electron chi connectivity index (χ0n) is 7.13. The van der Waals surface area contributed by atoms with E-state index in [0.717, 1.165) is 12.2 Å². The molecule has 0 unspecified atom stereocenters. The first-order valence-corrected chi connectivity index (χ1v) is 4.19. The Morgan fingerprint density at radius 3 is 2.85 bits per heavy atom. The van der Waals surface area contributed by atoms with Crippen LogP contribution < -0.4 is 16.4 Å². The van der Waals surface area contributed by atoms with Gasteiger partial charge in [0.2, 0.25) is 0 Å². The van der Waals surface area contributed by atoms with Crippen LogP contribution in [0.4, 0.5) is 11.4 Å². The Balaban J connectivity index is 2.48. The summed E-state index contributed by atoms with van der Waals surface area (Å²) in [7, 11) is 0. The van der Waals surface area contributed by atoms with Gasteiger partial charge in [0.05, 0.1) is 5.56 Å². The molecular formula is C9H11N3O. The molecule has 0 saturated heterocycles. The van der Waals surface area contributed by atoms with Gasteiger partial charge in [-0.3, -0.25) is 4.79 Å². The number of nitrogen functional groups attached to an aromatic ring is 1. The fraction of sp³-hybridized carbons (Fsp3) is 0.222. The van der Waals surface area contributed by atoms with Crippen molar-refractivity contribution in [1.29, 1.82) is 0 Å². The third kappa shape index (κ3) is 1.42. The van der Waals surface area contributed by atoms with E-state index < -0.39 is 0 Å².